The van der Waals surface area contributed by atoms with Crippen LogP contribution >= 0.6 is 0 Å². The second-order valence-corrected chi connectivity index (χ2v) is 6.47. The van der Waals surface area contributed by atoms with Crippen molar-refractivity contribution >= 4 is 28.7 Å². The predicted octanol–water partition coefficient (Wildman–Crippen LogP) is 5.10. The van der Waals surface area contributed by atoms with E-state index in [-0.39, 0.29) is 11.6 Å². The highest BCUT2D eigenvalue weighted by molar-refractivity contribution is 6.05. The number of ether oxygens (including phenoxy) is 2. The summed E-state index contributed by atoms with van der Waals surface area (Å²) in [6, 6.07) is 23.1. The maximum Gasteiger partial charge on any atom is 0.274 e. The summed E-state index contributed by atoms with van der Waals surface area (Å²) in [5, 5.41) is 4.53. The Morgan fingerprint density at radius 3 is 2.47 bits per heavy atom. The van der Waals surface area contributed by atoms with Crippen molar-refractivity contribution in [2.45, 2.75) is 0 Å². The summed E-state index contributed by atoms with van der Waals surface area (Å²) < 4.78 is 11.1. The number of nitrogens with one attached hydrogen (secondary N) is 1. The maximum atomic E-state index is 12.7. The minimum absolute atomic E-state index is 0.255. The van der Waals surface area contributed by atoms with Crippen molar-refractivity contribution in [1.82, 2.24) is 4.98 Å². The second kappa shape index (κ2) is 8.45. The zero-order chi connectivity index (χ0) is 20.9. The molecular weight excluding hydrogens is 380 g/mol. The number of para-hydroxylation sites is 1. The molecule has 1 amide bonds. The smallest absolute Gasteiger partial charge is 0.274 e. The Bertz CT molecular complexity index is 1220. The summed E-state index contributed by atoms with van der Waals surface area (Å²) in [6.07, 6.45) is 0.745. The zero-order valence-corrected chi connectivity index (χ0v) is 16.2. The number of hydrogen-bond donors (Lipinski definition) is 1. The van der Waals surface area contributed by atoms with Crippen LogP contribution in [0.3, 0.4) is 0 Å². The average Bonchev–Trinajstić information content (AvgIpc) is 2.80. The van der Waals surface area contributed by atoms with Crippen molar-refractivity contribution < 1.29 is 19.1 Å². The Morgan fingerprint density at radius 2 is 1.70 bits per heavy atom. The molecule has 1 aromatic heterocycles. The number of benzene rings is 3. The second-order valence-electron chi connectivity index (χ2n) is 6.47. The van der Waals surface area contributed by atoms with E-state index in [1.807, 2.05) is 24.3 Å². The van der Waals surface area contributed by atoms with Crippen molar-refractivity contribution in [3.05, 3.63) is 90.1 Å². The molecule has 0 saturated heterocycles. The lowest BCUT2D eigenvalue weighted by molar-refractivity contribution is 0.102. The molecule has 1 heterocycles. The van der Waals surface area contributed by atoms with E-state index in [1.54, 1.807) is 54.6 Å². The number of methoxy groups -OCH3 is 1. The molecule has 0 aliphatic rings. The predicted molar refractivity (Wildman–Crippen MR) is 115 cm³/mol. The van der Waals surface area contributed by atoms with Crippen LogP contribution in [0.4, 0.5) is 5.69 Å². The molecule has 3 aromatic carbocycles. The zero-order valence-electron chi connectivity index (χ0n) is 16.2. The van der Waals surface area contributed by atoms with Gasteiger partial charge in [-0.25, -0.2) is 4.98 Å². The molecule has 0 saturated carbocycles. The molecule has 6 heteroatoms. The number of amides is 1. The summed E-state index contributed by atoms with van der Waals surface area (Å²) in [5.41, 5.74) is 1.31. The highest BCUT2D eigenvalue weighted by Crippen LogP contribution is 2.27. The molecule has 30 heavy (non-hydrogen) atoms. The van der Waals surface area contributed by atoms with Crippen LogP contribution in [0.5, 0.6) is 17.4 Å². The number of nitrogens with zero attached hydrogens (tertiary/aromatic N) is 1. The minimum atomic E-state index is -0.348. The van der Waals surface area contributed by atoms with Crippen molar-refractivity contribution in [1.29, 1.82) is 0 Å². The highest BCUT2D eigenvalue weighted by atomic mass is 16.5. The van der Waals surface area contributed by atoms with Gasteiger partial charge in [0.2, 0.25) is 5.88 Å². The van der Waals surface area contributed by atoms with Gasteiger partial charge >= 0.3 is 0 Å². The van der Waals surface area contributed by atoms with E-state index in [0.29, 0.717) is 28.6 Å². The number of carbonyl (C=O) groups is 2. The fourth-order valence-corrected chi connectivity index (χ4v) is 3.04. The fourth-order valence-electron chi connectivity index (χ4n) is 3.04. The van der Waals surface area contributed by atoms with Gasteiger partial charge in [-0.3, -0.25) is 9.59 Å². The molecule has 0 radical (unpaired) electrons. The van der Waals surface area contributed by atoms with Gasteiger partial charge in [-0.05, 0) is 53.9 Å². The van der Waals surface area contributed by atoms with E-state index >= 15 is 0 Å². The van der Waals surface area contributed by atoms with Crippen molar-refractivity contribution in [2.24, 2.45) is 0 Å². The lowest BCUT2D eigenvalue weighted by Crippen LogP contribution is -2.14. The third kappa shape index (κ3) is 3.98. The number of rotatable bonds is 6. The first kappa shape index (κ1) is 19.1. The number of carbonyl (C=O) groups excluding carboxylic acids is 2. The lowest BCUT2D eigenvalue weighted by Gasteiger charge is -2.10. The van der Waals surface area contributed by atoms with Gasteiger partial charge in [-0.1, -0.05) is 30.3 Å². The van der Waals surface area contributed by atoms with Gasteiger partial charge in [0.05, 0.1) is 12.7 Å². The van der Waals surface area contributed by atoms with Crippen LogP contribution in [-0.4, -0.2) is 24.3 Å². The molecule has 0 aliphatic heterocycles. The summed E-state index contributed by atoms with van der Waals surface area (Å²) in [5.74, 6) is 1.07. The average molecular weight is 398 g/mol. The first-order chi connectivity index (χ1) is 14.7. The Kier molecular flexibility index (Phi) is 5.39. The topological polar surface area (TPSA) is 77.5 Å². The SMILES string of the molecule is COc1nc(C(=O)Nc2ccc(Oc3ccccc3C=O)cc2)cc2ccccc12. The van der Waals surface area contributed by atoms with Crippen LogP contribution < -0.4 is 14.8 Å². The fraction of sp³-hybridized carbons (Fsp3) is 0.0417. The van der Waals surface area contributed by atoms with Crippen LogP contribution in [0.1, 0.15) is 20.8 Å². The molecule has 4 aromatic rings. The van der Waals surface area contributed by atoms with Gasteiger partial charge in [-0.15, -0.1) is 0 Å². The Balaban J connectivity index is 1.51. The first-order valence-corrected chi connectivity index (χ1v) is 9.25. The molecule has 0 bridgehead atoms. The van der Waals surface area contributed by atoms with Gasteiger partial charge < -0.3 is 14.8 Å². The van der Waals surface area contributed by atoms with Gasteiger partial charge in [0.15, 0.2) is 6.29 Å². The largest absolute Gasteiger partial charge is 0.481 e. The lowest BCUT2D eigenvalue weighted by atomic mass is 10.1. The van der Waals surface area contributed by atoms with E-state index in [2.05, 4.69) is 10.3 Å². The number of fused-ring (bicyclic) bond motifs is 1. The molecule has 1 N–H and O–H groups in total. The van der Waals surface area contributed by atoms with Crippen LogP contribution in [0.2, 0.25) is 0 Å². The molecule has 148 valence electrons. The van der Waals surface area contributed by atoms with Crippen molar-refractivity contribution in [2.75, 3.05) is 12.4 Å². The highest BCUT2D eigenvalue weighted by Gasteiger charge is 2.13. The van der Waals surface area contributed by atoms with Gasteiger partial charge in [0.1, 0.15) is 17.2 Å². The first-order valence-electron chi connectivity index (χ1n) is 9.25. The molecule has 0 fully saturated rings. The summed E-state index contributed by atoms with van der Waals surface area (Å²) in [7, 11) is 1.53. The summed E-state index contributed by atoms with van der Waals surface area (Å²) >= 11 is 0. The molecule has 6 nitrogen and oxygen atoms in total. The van der Waals surface area contributed by atoms with Crippen LogP contribution in [-0.2, 0) is 0 Å². The van der Waals surface area contributed by atoms with Gasteiger partial charge in [0.25, 0.3) is 5.91 Å². The van der Waals surface area contributed by atoms with Crippen LogP contribution in [0.15, 0.2) is 78.9 Å². The molecule has 0 aliphatic carbocycles. The molecular formula is C24H18N2O4. The van der Waals surface area contributed by atoms with E-state index < -0.39 is 0 Å². The van der Waals surface area contributed by atoms with Crippen molar-refractivity contribution in [3.63, 3.8) is 0 Å². The van der Waals surface area contributed by atoms with Crippen LogP contribution in [0, 0.1) is 0 Å². The Hall–Kier alpha value is -4.19. The summed E-state index contributed by atoms with van der Waals surface area (Å²) in [6.45, 7) is 0. The number of aldehydes is 1. The quantitative estimate of drug-likeness (QED) is 0.457. The normalized spacial score (nSPS) is 10.4. The van der Waals surface area contributed by atoms with Gasteiger partial charge in [-0.2, -0.15) is 0 Å². The number of aromatic nitrogens is 1. The van der Waals surface area contributed by atoms with E-state index in [1.165, 1.54) is 7.11 Å². The summed E-state index contributed by atoms with van der Waals surface area (Å²) in [4.78, 5) is 28.1. The maximum absolute atomic E-state index is 12.7. The molecule has 4 rings (SSSR count). The van der Waals surface area contributed by atoms with Crippen LogP contribution in [0.25, 0.3) is 10.8 Å². The molecule has 0 spiro atoms. The van der Waals surface area contributed by atoms with E-state index in [0.717, 1.165) is 17.1 Å². The number of anilines is 1. The minimum Gasteiger partial charge on any atom is -0.481 e. The van der Waals surface area contributed by atoms with Gasteiger partial charge in [0, 0.05) is 11.1 Å². The van der Waals surface area contributed by atoms with Crippen molar-refractivity contribution in [3.8, 4) is 17.4 Å². The monoisotopic (exact) mass is 398 g/mol. The molecule has 0 atom stereocenters. The van der Waals surface area contributed by atoms with E-state index in [4.69, 9.17) is 9.47 Å². The third-order valence-corrected chi connectivity index (χ3v) is 4.52. The van der Waals surface area contributed by atoms with E-state index in [9.17, 15) is 9.59 Å². The standard InChI is InChI=1S/C24H18N2O4/c1-29-24-20-8-4-2-6-16(20)14-21(26-24)23(28)25-18-10-12-19(13-11-18)30-22-9-5-3-7-17(22)15-27/h2-15H,1H3,(H,25,28). The Labute approximate surface area is 173 Å². The molecule has 0 unspecified atom stereocenters. The Morgan fingerprint density at radius 1 is 0.967 bits per heavy atom. The third-order valence-electron chi connectivity index (χ3n) is 4.52. The number of hydrogen-bond acceptors (Lipinski definition) is 5. The number of pyridine rings is 1.